The predicted octanol–water partition coefficient (Wildman–Crippen LogP) is 5.65. The van der Waals surface area contributed by atoms with Crippen molar-refractivity contribution in [2.24, 2.45) is 0 Å². The molecule has 0 bridgehead atoms. The minimum Gasteiger partial charge on any atom is -0.493 e. The number of hydrogen-bond acceptors (Lipinski definition) is 7. The number of methoxy groups -OCH3 is 4. The van der Waals surface area contributed by atoms with E-state index < -0.39 is 15.9 Å². The maximum Gasteiger partial charge on any atom is 0.336 e. The molecule has 3 rings (SSSR count). The molecule has 3 aromatic rings. The standard InChI is InChI=1S/C25H32O7S/c1-25(2,3)33(8,9)32-19-12-15(10-11-18(19)27-4)16-14-21(26)31-22-17(16)13-20(28-5)23(29-6)24(22)30-7/h10-14H,1-9H3. The summed E-state index contributed by atoms with van der Waals surface area (Å²) >= 11 is 0. The van der Waals surface area contributed by atoms with Crippen molar-refractivity contribution in [2.45, 2.75) is 25.5 Å². The Morgan fingerprint density at radius 2 is 1.42 bits per heavy atom. The summed E-state index contributed by atoms with van der Waals surface area (Å²) < 4.78 is 34.0. The molecule has 1 aromatic heterocycles. The van der Waals surface area contributed by atoms with Crippen LogP contribution in [-0.2, 0) is 0 Å². The maximum absolute atomic E-state index is 12.5. The van der Waals surface area contributed by atoms with Gasteiger partial charge in [0.1, 0.15) is 0 Å². The van der Waals surface area contributed by atoms with Gasteiger partial charge in [-0.05, 0) is 57.0 Å². The molecule has 1 heterocycles. The fraction of sp³-hybridized carbons (Fsp3) is 0.400. The van der Waals surface area contributed by atoms with Gasteiger partial charge >= 0.3 is 5.63 Å². The highest BCUT2D eigenvalue weighted by atomic mass is 32.3. The second-order valence-corrected chi connectivity index (χ2v) is 12.7. The van der Waals surface area contributed by atoms with Crippen molar-refractivity contribution in [3.8, 4) is 39.9 Å². The average Bonchev–Trinajstić information content (AvgIpc) is 2.76. The van der Waals surface area contributed by atoms with Crippen LogP contribution < -0.4 is 28.8 Å². The Labute approximate surface area is 196 Å². The highest BCUT2D eigenvalue weighted by molar-refractivity contribution is 8.30. The Morgan fingerprint density at radius 3 is 1.97 bits per heavy atom. The van der Waals surface area contributed by atoms with Gasteiger partial charge in [-0.15, -0.1) is 0 Å². The molecular weight excluding hydrogens is 444 g/mol. The fourth-order valence-corrected chi connectivity index (χ4v) is 4.08. The third kappa shape index (κ3) is 4.57. The van der Waals surface area contributed by atoms with Crippen LogP contribution in [-0.4, -0.2) is 45.7 Å². The third-order valence-electron chi connectivity index (χ3n) is 5.79. The van der Waals surface area contributed by atoms with Gasteiger partial charge in [-0.25, -0.2) is 4.79 Å². The zero-order valence-electron chi connectivity index (χ0n) is 20.7. The van der Waals surface area contributed by atoms with E-state index in [-0.39, 0.29) is 16.1 Å². The van der Waals surface area contributed by atoms with E-state index in [4.69, 9.17) is 27.5 Å². The summed E-state index contributed by atoms with van der Waals surface area (Å²) in [4.78, 5) is 12.5. The summed E-state index contributed by atoms with van der Waals surface area (Å²) in [6, 6.07) is 8.81. The zero-order chi connectivity index (χ0) is 24.6. The van der Waals surface area contributed by atoms with Crippen LogP contribution in [0.2, 0.25) is 0 Å². The molecule has 0 atom stereocenters. The summed E-state index contributed by atoms with van der Waals surface area (Å²) in [5.74, 6) is 2.32. The molecule has 0 aliphatic carbocycles. The van der Waals surface area contributed by atoms with Crippen molar-refractivity contribution in [3.63, 3.8) is 0 Å². The lowest BCUT2D eigenvalue weighted by molar-refractivity contribution is 0.323. The van der Waals surface area contributed by atoms with E-state index >= 15 is 0 Å². The number of benzene rings is 2. The van der Waals surface area contributed by atoms with Gasteiger partial charge in [0, 0.05) is 21.8 Å². The molecule has 0 radical (unpaired) electrons. The van der Waals surface area contributed by atoms with Gasteiger partial charge < -0.3 is 27.5 Å². The first-order chi connectivity index (χ1) is 15.5. The summed E-state index contributed by atoms with van der Waals surface area (Å²) in [5, 5.41) is 0.641. The fourth-order valence-electron chi connectivity index (χ4n) is 3.25. The van der Waals surface area contributed by atoms with Gasteiger partial charge in [-0.1, -0.05) is 16.4 Å². The second kappa shape index (κ2) is 9.09. The van der Waals surface area contributed by atoms with Crippen molar-refractivity contribution in [2.75, 3.05) is 41.0 Å². The van der Waals surface area contributed by atoms with Gasteiger partial charge in [0.25, 0.3) is 0 Å². The largest absolute Gasteiger partial charge is 0.493 e. The monoisotopic (exact) mass is 476 g/mol. The molecule has 8 heteroatoms. The molecule has 33 heavy (non-hydrogen) atoms. The molecule has 0 aliphatic heterocycles. The second-order valence-electron chi connectivity index (χ2n) is 8.80. The molecule has 0 fully saturated rings. The van der Waals surface area contributed by atoms with Crippen molar-refractivity contribution in [1.82, 2.24) is 0 Å². The van der Waals surface area contributed by atoms with Crippen molar-refractivity contribution in [1.29, 1.82) is 0 Å². The molecule has 2 aromatic carbocycles. The van der Waals surface area contributed by atoms with Crippen molar-refractivity contribution in [3.05, 3.63) is 40.8 Å². The van der Waals surface area contributed by atoms with Gasteiger partial charge in [-0.3, -0.25) is 0 Å². The summed E-state index contributed by atoms with van der Waals surface area (Å²) in [6.07, 6.45) is 4.24. The lowest BCUT2D eigenvalue weighted by Gasteiger charge is -2.44. The maximum atomic E-state index is 12.5. The Bertz CT molecular complexity index is 1220. The van der Waals surface area contributed by atoms with Crippen LogP contribution >= 0.6 is 10.3 Å². The highest BCUT2D eigenvalue weighted by Gasteiger charge is 2.31. The Hall–Kier alpha value is -3.00. The van der Waals surface area contributed by atoms with Crippen LogP contribution in [0, 0.1) is 0 Å². The van der Waals surface area contributed by atoms with E-state index in [1.54, 1.807) is 20.3 Å². The Morgan fingerprint density at radius 1 is 0.788 bits per heavy atom. The Balaban J connectivity index is 2.30. The van der Waals surface area contributed by atoms with Crippen LogP contribution in [0.25, 0.3) is 22.1 Å². The van der Waals surface area contributed by atoms with Crippen molar-refractivity contribution >= 4 is 21.3 Å². The minimum absolute atomic E-state index is 0.0498. The average molecular weight is 477 g/mol. The molecule has 0 aliphatic rings. The number of rotatable bonds is 7. The molecule has 0 saturated carbocycles. The first-order valence-electron chi connectivity index (χ1n) is 10.3. The third-order valence-corrected chi connectivity index (χ3v) is 9.33. The molecule has 7 nitrogen and oxygen atoms in total. The van der Waals surface area contributed by atoms with Gasteiger partial charge in [0.2, 0.25) is 11.5 Å². The lowest BCUT2D eigenvalue weighted by Crippen LogP contribution is -2.27. The SMILES string of the molecule is COc1ccc(-c2cc(=O)oc3c(OC)c(OC)c(OC)cc23)cc1OS(C)(C)C(C)(C)C. The van der Waals surface area contributed by atoms with Gasteiger partial charge in [0.15, 0.2) is 22.8 Å². The number of hydrogen-bond donors (Lipinski definition) is 0. The molecule has 0 amide bonds. The van der Waals surface area contributed by atoms with E-state index in [1.807, 2.05) is 18.2 Å². The van der Waals surface area contributed by atoms with Crippen LogP contribution in [0.15, 0.2) is 39.5 Å². The first kappa shape index (κ1) is 24.6. The molecule has 0 spiro atoms. The summed E-state index contributed by atoms with van der Waals surface area (Å²) in [5.41, 5.74) is 1.18. The van der Waals surface area contributed by atoms with E-state index in [1.165, 1.54) is 20.3 Å². The smallest absolute Gasteiger partial charge is 0.336 e. The van der Waals surface area contributed by atoms with Crippen LogP contribution in [0.1, 0.15) is 20.8 Å². The zero-order valence-corrected chi connectivity index (χ0v) is 21.5. The minimum atomic E-state index is -1.48. The van der Waals surface area contributed by atoms with Gasteiger partial charge in [0.05, 0.1) is 28.4 Å². The molecule has 0 saturated heterocycles. The van der Waals surface area contributed by atoms with Gasteiger partial charge in [-0.2, -0.15) is 0 Å². The molecule has 180 valence electrons. The molecule has 0 N–H and O–H groups in total. The highest BCUT2D eigenvalue weighted by Crippen LogP contribution is 2.55. The summed E-state index contributed by atoms with van der Waals surface area (Å²) in [7, 11) is 4.65. The number of ether oxygens (including phenoxy) is 4. The van der Waals surface area contributed by atoms with E-state index in [2.05, 4.69) is 33.3 Å². The summed E-state index contributed by atoms with van der Waals surface area (Å²) in [6.45, 7) is 6.46. The van der Waals surface area contributed by atoms with Crippen LogP contribution in [0.5, 0.6) is 28.7 Å². The molecular formula is C25H32O7S. The predicted molar refractivity (Wildman–Crippen MR) is 134 cm³/mol. The topological polar surface area (TPSA) is 76.4 Å². The van der Waals surface area contributed by atoms with E-state index in [0.717, 1.165) is 5.56 Å². The number of fused-ring (bicyclic) bond motifs is 1. The van der Waals surface area contributed by atoms with E-state index in [9.17, 15) is 4.79 Å². The normalized spacial score (nSPS) is 12.4. The molecule has 0 unspecified atom stereocenters. The quantitative estimate of drug-likeness (QED) is 0.408. The van der Waals surface area contributed by atoms with Crippen LogP contribution in [0.3, 0.4) is 0 Å². The van der Waals surface area contributed by atoms with E-state index in [0.29, 0.717) is 33.9 Å². The van der Waals surface area contributed by atoms with Crippen molar-refractivity contribution < 1.29 is 27.5 Å². The first-order valence-corrected chi connectivity index (χ1v) is 12.7. The van der Waals surface area contributed by atoms with Crippen LogP contribution in [0.4, 0.5) is 0 Å². The lowest BCUT2D eigenvalue weighted by atomic mass is 10.0. The Kier molecular flexibility index (Phi) is 6.79.